The molecule has 0 aliphatic carbocycles. The molecular formula is C31H34N2O7. The summed E-state index contributed by atoms with van der Waals surface area (Å²) >= 11 is 0. The van der Waals surface area contributed by atoms with Crippen molar-refractivity contribution in [2.24, 2.45) is 5.92 Å². The van der Waals surface area contributed by atoms with E-state index in [0.29, 0.717) is 28.6 Å². The maximum absolute atomic E-state index is 12.7. The number of anilines is 2. The molecule has 1 saturated heterocycles. The molecule has 3 aromatic rings. The van der Waals surface area contributed by atoms with Crippen molar-refractivity contribution in [2.45, 2.75) is 32.6 Å². The maximum atomic E-state index is 12.7. The molecule has 0 spiro atoms. The number of amides is 2. The fourth-order valence-corrected chi connectivity index (χ4v) is 4.31. The average Bonchev–Trinajstić information content (AvgIpc) is 3.33. The van der Waals surface area contributed by atoms with Gasteiger partial charge in [0.15, 0.2) is 6.61 Å². The van der Waals surface area contributed by atoms with Crippen molar-refractivity contribution in [3.05, 3.63) is 72.3 Å². The highest BCUT2D eigenvalue weighted by Crippen LogP contribution is 2.31. The van der Waals surface area contributed by atoms with Crippen molar-refractivity contribution < 1.29 is 33.3 Å². The molecule has 4 rings (SSSR count). The Balaban J connectivity index is 1.29. The second-order valence-electron chi connectivity index (χ2n) is 10.5. The molecule has 0 unspecified atom stereocenters. The van der Waals surface area contributed by atoms with Gasteiger partial charge in [0, 0.05) is 24.7 Å². The van der Waals surface area contributed by atoms with Crippen molar-refractivity contribution >= 4 is 29.2 Å². The number of esters is 1. The molecule has 1 aliphatic heterocycles. The van der Waals surface area contributed by atoms with Crippen LogP contribution in [-0.2, 0) is 24.5 Å². The molecule has 0 saturated carbocycles. The van der Waals surface area contributed by atoms with Crippen LogP contribution in [0, 0.1) is 5.92 Å². The van der Waals surface area contributed by atoms with Gasteiger partial charge in [0.1, 0.15) is 23.0 Å². The Morgan fingerprint density at radius 2 is 1.52 bits per heavy atom. The van der Waals surface area contributed by atoms with Crippen molar-refractivity contribution in [2.75, 3.05) is 37.6 Å². The molecule has 1 atom stereocenters. The monoisotopic (exact) mass is 546 g/mol. The first-order chi connectivity index (χ1) is 19.1. The first kappa shape index (κ1) is 28.5. The lowest BCUT2D eigenvalue weighted by Crippen LogP contribution is -2.28. The van der Waals surface area contributed by atoms with Crippen LogP contribution in [0.15, 0.2) is 66.7 Å². The zero-order valence-electron chi connectivity index (χ0n) is 23.4. The summed E-state index contributed by atoms with van der Waals surface area (Å²) in [7, 11) is 3.00. The summed E-state index contributed by atoms with van der Waals surface area (Å²) in [6.45, 7) is 6.15. The van der Waals surface area contributed by atoms with E-state index in [2.05, 4.69) is 26.1 Å². The quantitative estimate of drug-likeness (QED) is 0.362. The normalized spacial score (nSPS) is 15.0. The molecule has 3 aromatic carbocycles. The highest BCUT2D eigenvalue weighted by Gasteiger charge is 2.36. The molecule has 1 fully saturated rings. The van der Waals surface area contributed by atoms with E-state index in [1.807, 2.05) is 24.3 Å². The third kappa shape index (κ3) is 6.91. The van der Waals surface area contributed by atoms with E-state index < -0.39 is 24.4 Å². The first-order valence-electron chi connectivity index (χ1n) is 12.9. The molecular weight excluding hydrogens is 512 g/mol. The minimum absolute atomic E-state index is 0.00509. The molecule has 9 nitrogen and oxygen atoms in total. The number of carbonyl (C=O) groups is 3. The molecule has 0 bridgehead atoms. The molecule has 1 aliphatic rings. The fraction of sp³-hybridized carbons (Fsp3) is 0.323. The van der Waals surface area contributed by atoms with Gasteiger partial charge in [-0.25, -0.2) is 0 Å². The van der Waals surface area contributed by atoms with E-state index in [4.69, 9.17) is 18.9 Å². The Hall–Kier alpha value is -4.53. The van der Waals surface area contributed by atoms with Crippen molar-refractivity contribution in [3.8, 4) is 23.0 Å². The molecule has 0 aromatic heterocycles. The van der Waals surface area contributed by atoms with E-state index >= 15 is 0 Å². The zero-order chi connectivity index (χ0) is 28.9. The molecule has 9 heteroatoms. The number of hydrogen-bond donors (Lipinski definition) is 1. The van der Waals surface area contributed by atoms with Gasteiger partial charge in [-0.2, -0.15) is 0 Å². The zero-order valence-corrected chi connectivity index (χ0v) is 23.4. The fourth-order valence-electron chi connectivity index (χ4n) is 4.31. The number of ether oxygens (including phenoxy) is 4. The number of benzene rings is 3. The number of carbonyl (C=O) groups excluding carboxylic acids is 3. The Morgan fingerprint density at radius 1 is 0.900 bits per heavy atom. The van der Waals surface area contributed by atoms with Gasteiger partial charge in [-0.15, -0.1) is 0 Å². The largest absolute Gasteiger partial charge is 0.497 e. The van der Waals surface area contributed by atoms with Gasteiger partial charge in [-0.1, -0.05) is 32.9 Å². The smallest absolute Gasteiger partial charge is 0.311 e. The first-order valence-corrected chi connectivity index (χ1v) is 12.9. The minimum atomic E-state index is -0.673. The van der Waals surface area contributed by atoms with Crippen LogP contribution in [0.1, 0.15) is 32.8 Å². The average molecular weight is 547 g/mol. The maximum Gasteiger partial charge on any atom is 0.311 e. The SMILES string of the molecule is COc1ccc(NC(=O)COC(=O)[C@@H]2CC(=O)N(c3ccc(Oc4ccc(C(C)(C)C)cc4)cc3)C2)c(OC)c1. The van der Waals surface area contributed by atoms with Crippen LogP contribution >= 0.6 is 0 Å². The third-order valence-corrected chi connectivity index (χ3v) is 6.59. The predicted octanol–water partition coefficient (Wildman–Crippen LogP) is 5.33. The standard InChI is InChI=1S/C31H34N2O7/c1-31(2,3)21-6-10-23(11-7-21)40-24-12-8-22(9-13-24)33-18-20(16-29(33)35)30(36)39-19-28(34)32-26-15-14-25(37-4)17-27(26)38-5/h6-15,17,20H,16,18-19H2,1-5H3,(H,32,34)/t20-/m1/s1. The molecule has 2 amide bonds. The summed E-state index contributed by atoms with van der Waals surface area (Å²) in [5, 5.41) is 2.65. The van der Waals surface area contributed by atoms with Crippen LogP contribution in [0.5, 0.6) is 23.0 Å². The summed E-state index contributed by atoms with van der Waals surface area (Å²) in [5.41, 5.74) is 2.35. The number of nitrogens with one attached hydrogen (secondary N) is 1. The highest BCUT2D eigenvalue weighted by atomic mass is 16.5. The summed E-state index contributed by atoms with van der Waals surface area (Å²) < 4.78 is 21.6. The van der Waals surface area contributed by atoms with Crippen LogP contribution in [0.25, 0.3) is 0 Å². The molecule has 0 radical (unpaired) electrons. The van der Waals surface area contributed by atoms with Crippen molar-refractivity contribution in [1.29, 1.82) is 0 Å². The Kier molecular flexibility index (Phi) is 8.62. The topological polar surface area (TPSA) is 103 Å². The van der Waals surface area contributed by atoms with Crippen LogP contribution in [-0.4, -0.2) is 45.2 Å². The number of rotatable bonds is 9. The third-order valence-electron chi connectivity index (χ3n) is 6.59. The van der Waals surface area contributed by atoms with Gasteiger partial charge in [-0.05, 0) is 59.5 Å². The Morgan fingerprint density at radius 3 is 2.12 bits per heavy atom. The molecule has 1 N–H and O–H groups in total. The number of hydrogen-bond acceptors (Lipinski definition) is 7. The Labute approximate surface area is 234 Å². The molecule has 40 heavy (non-hydrogen) atoms. The summed E-state index contributed by atoms with van der Waals surface area (Å²) in [4.78, 5) is 39.2. The van der Waals surface area contributed by atoms with E-state index in [-0.39, 0.29) is 24.3 Å². The van der Waals surface area contributed by atoms with Gasteiger partial charge in [0.2, 0.25) is 5.91 Å². The van der Waals surface area contributed by atoms with Gasteiger partial charge in [-0.3, -0.25) is 14.4 Å². The van der Waals surface area contributed by atoms with Crippen LogP contribution in [0.4, 0.5) is 11.4 Å². The van der Waals surface area contributed by atoms with Gasteiger partial charge in [0.25, 0.3) is 5.91 Å². The second kappa shape index (κ2) is 12.1. The number of methoxy groups -OCH3 is 2. The van der Waals surface area contributed by atoms with Gasteiger partial charge < -0.3 is 29.2 Å². The molecule has 210 valence electrons. The molecule has 1 heterocycles. The van der Waals surface area contributed by atoms with Crippen LogP contribution in [0.3, 0.4) is 0 Å². The van der Waals surface area contributed by atoms with Crippen molar-refractivity contribution in [3.63, 3.8) is 0 Å². The lowest BCUT2D eigenvalue weighted by atomic mass is 9.87. The second-order valence-corrected chi connectivity index (χ2v) is 10.5. The lowest BCUT2D eigenvalue weighted by Gasteiger charge is -2.19. The summed E-state index contributed by atoms with van der Waals surface area (Å²) in [6.07, 6.45) is 0.00509. The minimum Gasteiger partial charge on any atom is -0.497 e. The number of nitrogens with zero attached hydrogens (tertiary/aromatic N) is 1. The van der Waals surface area contributed by atoms with Crippen LogP contribution < -0.4 is 24.4 Å². The van der Waals surface area contributed by atoms with E-state index in [0.717, 1.165) is 5.75 Å². The lowest BCUT2D eigenvalue weighted by molar-refractivity contribution is -0.151. The van der Waals surface area contributed by atoms with Gasteiger partial charge in [0.05, 0.1) is 25.8 Å². The Bertz CT molecular complexity index is 1360. The van der Waals surface area contributed by atoms with E-state index in [1.54, 1.807) is 42.5 Å². The summed E-state index contributed by atoms with van der Waals surface area (Å²) in [6, 6.07) is 20.0. The van der Waals surface area contributed by atoms with Crippen LogP contribution in [0.2, 0.25) is 0 Å². The predicted molar refractivity (Wildman–Crippen MR) is 151 cm³/mol. The van der Waals surface area contributed by atoms with Gasteiger partial charge >= 0.3 is 5.97 Å². The van der Waals surface area contributed by atoms with E-state index in [1.165, 1.54) is 24.7 Å². The summed E-state index contributed by atoms with van der Waals surface area (Å²) in [5.74, 6) is 0.335. The highest BCUT2D eigenvalue weighted by molar-refractivity contribution is 6.00. The van der Waals surface area contributed by atoms with Crippen molar-refractivity contribution in [1.82, 2.24) is 0 Å². The van der Waals surface area contributed by atoms with E-state index in [9.17, 15) is 14.4 Å².